The Labute approximate surface area is 195 Å². The van der Waals surface area contributed by atoms with Crippen molar-refractivity contribution in [1.29, 1.82) is 0 Å². The van der Waals surface area contributed by atoms with Crippen molar-refractivity contribution in [2.24, 2.45) is 0 Å². The van der Waals surface area contributed by atoms with Gasteiger partial charge in [-0.3, -0.25) is 14.5 Å². The largest absolute Gasteiger partial charge is 0.483 e. The van der Waals surface area contributed by atoms with Crippen molar-refractivity contribution in [3.63, 3.8) is 0 Å². The predicted octanol–water partition coefficient (Wildman–Crippen LogP) is 5.30. The minimum absolute atomic E-state index is 0.170. The summed E-state index contributed by atoms with van der Waals surface area (Å²) in [6, 6.07) is 20.1. The Morgan fingerprint density at radius 1 is 1.00 bits per heavy atom. The van der Waals surface area contributed by atoms with Crippen LogP contribution in [0.4, 0.5) is 5.69 Å². The van der Waals surface area contributed by atoms with Gasteiger partial charge in [0, 0.05) is 17.9 Å². The smallest absolute Gasteiger partial charge is 0.290 e. The summed E-state index contributed by atoms with van der Waals surface area (Å²) in [5.74, 6) is -0.170. The van der Waals surface area contributed by atoms with Crippen LogP contribution >= 0.6 is 0 Å². The first kappa shape index (κ1) is 24.1. The second kappa shape index (κ2) is 11.9. The van der Waals surface area contributed by atoms with E-state index in [1.54, 1.807) is 0 Å². The number of anilines is 1. The molecule has 2 aromatic carbocycles. The molecular weight excluding hydrogens is 414 g/mol. The van der Waals surface area contributed by atoms with Crippen LogP contribution in [0.3, 0.4) is 0 Å². The summed E-state index contributed by atoms with van der Waals surface area (Å²) in [6.07, 6.45) is 3.88. The van der Waals surface area contributed by atoms with Gasteiger partial charge in [-0.15, -0.1) is 0 Å². The Morgan fingerprint density at radius 3 is 2.36 bits per heavy atom. The van der Waals surface area contributed by atoms with Crippen LogP contribution in [0.1, 0.15) is 46.6 Å². The Kier molecular flexibility index (Phi) is 8.72. The van der Waals surface area contributed by atoms with E-state index < -0.39 is 0 Å². The number of carbonyl (C=O) groups excluding carboxylic acids is 1. The highest BCUT2D eigenvalue weighted by Gasteiger charge is 2.15. The molecular formula is C27H31N3O3. The number of rotatable bonds is 5. The van der Waals surface area contributed by atoms with E-state index in [1.807, 2.05) is 50.2 Å². The third kappa shape index (κ3) is 6.49. The highest BCUT2D eigenvalue weighted by Crippen LogP contribution is 2.28. The van der Waals surface area contributed by atoms with Gasteiger partial charge < -0.3 is 10.4 Å². The molecule has 1 aliphatic rings. The van der Waals surface area contributed by atoms with E-state index in [0.717, 1.165) is 47.7 Å². The lowest BCUT2D eigenvalue weighted by Gasteiger charge is -2.26. The third-order valence-electron chi connectivity index (χ3n) is 5.94. The van der Waals surface area contributed by atoms with Crippen LogP contribution in [-0.2, 0) is 11.3 Å². The summed E-state index contributed by atoms with van der Waals surface area (Å²) in [5.41, 5.74) is 6.73. The van der Waals surface area contributed by atoms with E-state index in [4.69, 9.17) is 9.90 Å². The number of benzene rings is 2. The molecule has 0 atom stereocenters. The van der Waals surface area contributed by atoms with Crippen LogP contribution in [0.25, 0.3) is 11.1 Å². The molecule has 0 saturated carbocycles. The number of amides is 1. The second-order valence-electron chi connectivity index (χ2n) is 8.18. The number of pyridine rings is 1. The van der Waals surface area contributed by atoms with Gasteiger partial charge in [-0.1, -0.05) is 55.0 Å². The molecule has 2 N–H and O–H groups in total. The fourth-order valence-corrected chi connectivity index (χ4v) is 4.13. The maximum Gasteiger partial charge on any atom is 0.290 e. The molecule has 1 saturated heterocycles. The lowest BCUT2D eigenvalue weighted by molar-refractivity contribution is -0.122. The van der Waals surface area contributed by atoms with E-state index in [0.29, 0.717) is 5.69 Å². The predicted molar refractivity (Wildman–Crippen MR) is 131 cm³/mol. The molecule has 0 spiro atoms. The van der Waals surface area contributed by atoms with E-state index in [-0.39, 0.29) is 12.4 Å². The van der Waals surface area contributed by atoms with Gasteiger partial charge in [0.2, 0.25) is 0 Å². The fourth-order valence-electron chi connectivity index (χ4n) is 4.13. The molecule has 2 heterocycles. The standard InChI is InChI=1S/C26H29N3O.CH2O2/c1-19-23(21-10-5-3-6-11-21)12-9-13-24(19)28-26(30)25-15-14-22(20(2)27-25)18-29-16-7-4-8-17-29;2-1-3/h3,5-6,9-15H,4,7-8,16-18H2,1-2H3,(H,28,30);1H,(H,2,3). The zero-order valence-corrected chi connectivity index (χ0v) is 19.3. The molecule has 6 nitrogen and oxygen atoms in total. The summed E-state index contributed by atoms with van der Waals surface area (Å²) in [6.45, 7) is 7.01. The zero-order chi connectivity index (χ0) is 23.6. The molecule has 0 radical (unpaired) electrons. The minimum Gasteiger partial charge on any atom is -0.483 e. The topological polar surface area (TPSA) is 82.5 Å². The quantitative estimate of drug-likeness (QED) is 0.521. The van der Waals surface area contributed by atoms with Gasteiger partial charge in [-0.2, -0.15) is 0 Å². The number of aryl methyl sites for hydroxylation is 1. The number of carbonyl (C=O) groups is 2. The molecule has 1 aromatic heterocycles. The third-order valence-corrected chi connectivity index (χ3v) is 5.94. The van der Waals surface area contributed by atoms with Crippen LogP contribution in [0.15, 0.2) is 60.7 Å². The molecule has 0 aliphatic carbocycles. The molecule has 33 heavy (non-hydrogen) atoms. The maximum atomic E-state index is 12.9. The first-order chi connectivity index (χ1) is 16.0. The average molecular weight is 446 g/mol. The second-order valence-corrected chi connectivity index (χ2v) is 8.18. The molecule has 6 heteroatoms. The summed E-state index contributed by atoms with van der Waals surface area (Å²) >= 11 is 0. The Hall–Kier alpha value is -3.51. The summed E-state index contributed by atoms with van der Waals surface area (Å²) in [5, 5.41) is 9.94. The van der Waals surface area contributed by atoms with Crippen molar-refractivity contribution >= 4 is 18.1 Å². The van der Waals surface area contributed by atoms with Crippen molar-refractivity contribution in [1.82, 2.24) is 9.88 Å². The van der Waals surface area contributed by atoms with Crippen molar-refractivity contribution in [2.45, 2.75) is 39.7 Å². The van der Waals surface area contributed by atoms with Crippen LogP contribution in [0.5, 0.6) is 0 Å². The monoisotopic (exact) mass is 445 g/mol. The van der Waals surface area contributed by atoms with Gasteiger partial charge >= 0.3 is 0 Å². The number of nitrogens with zero attached hydrogens (tertiary/aromatic N) is 2. The highest BCUT2D eigenvalue weighted by atomic mass is 16.3. The van der Waals surface area contributed by atoms with Crippen molar-refractivity contribution in [3.05, 3.63) is 83.2 Å². The maximum absolute atomic E-state index is 12.9. The first-order valence-corrected chi connectivity index (χ1v) is 11.3. The van der Waals surface area contributed by atoms with Gasteiger partial charge in [-0.05, 0) is 74.2 Å². The first-order valence-electron chi connectivity index (χ1n) is 11.3. The van der Waals surface area contributed by atoms with Crippen LogP contribution in [0.2, 0.25) is 0 Å². The number of carboxylic acid groups (broad SMARTS) is 1. The Morgan fingerprint density at radius 2 is 1.70 bits per heavy atom. The number of aromatic nitrogens is 1. The highest BCUT2D eigenvalue weighted by molar-refractivity contribution is 6.03. The van der Waals surface area contributed by atoms with Gasteiger partial charge in [-0.25, -0.2) is 4.98 Å². The lowest BCUT2D eigenvalue weighted by Crippen LogP contribution is -2.29. The molecule has 172 valence electrons. The van der Waals surface area contributed by atoms with Gasteiger partial charge in [0.1, 0.15) is 5.69 Å². The minimum atomic E-state index is -0.250. The molecule has 1 fully saturated rings. The van der Waals surface area contributed by atoms with Crippen molar-refractivity contribution in [3.8, 4) is 11.1 Å². The number of piperidine rings is 1. The molecule has 0 unspecified atom stereocenters. The van der Waals surface area contributed by atoms with Crippen molar-refractivity contribution < 1.29 is 14.7 Å². The molecule has 3 aromatic rings. The Balaban J connectivity index is 0.000000968. The van der Waals surface area contributed by atoms with E-state index >= 15 is 0 Å². The molecule has 1 amide bonds. The molecule has 0 bridgehead atoms. The summed E-state index contributed by atoms with van der Waals surface area (Å²) < 4.78 is 0. The fraction of sp³-hybridized carbons (Fsp3) is 0.296. The SMILES string of the molecule is Cc1nc(C(=O)Nc2cccc(-c3ccccc3)c2C)ccc1CN1CCCCC1.O=CO. The van der Waals surface area contributed by atoms with Gasteiger partial charge in [0.25, 0.3) is 12.4 Å². The summed E-state index contributed by atoms with van der Waals surface area (Å²) in [7, 11) is 0. The van der Waals surface area contributed by atoms with E-state index in [9.17, 15) is 4.79 Å². The van der Waals surface area contributed by atoms with E-state index in [2.05, 4.69) is 39.5 Å². The number of likely N-dealkylation sites (tertiary alicyclic amines) is 1. The van der Waals surface area contributed by atoms with Gasteiger partial charge in [0.15, 0.2) is 0 Å². The summed E-state index contributed by atoms with van der Waals surface area (Å²) in [4.78, 5) is 28.3. The zero-order valence-electron chi connectivity index (χ0n) is 19.3. The van der Waals surface area contributed by atoms with Crippen LogP contribution < -0.4 is 5.32 Å². The number of hydrogen-bond acceptors (Lipinski definition) is 4. The van der Waals surface area contributed by atoms with Crippen molar-refractivity contribution in [2.75, 3.05) is 18.4 Å². The average Bonchev–Trinajstić information content (AvgIpc) is 2.83. The Bertz CT molecular complexity index is 1080. The normalized spacial score (nSPS) is 13.5. The number of nitrogens with one attached hydrogen (secondary N) is 1. The molecule has 1 aliphatic heterocycles. The van der Waals surface area contributed by atoms with E-state index in [1.165, 1.54) is 24.8 Å². The lowest BCUT2D eigenvalue weighted by atomic mass is 9.99. The van der Waals surface area contributed by atoms with Crippen LogP contribution in [0, 0.1) is 13.8 Å². The van der Waals surface area contributed by atoms with Gasteiger partial charge in [0.05, 0.1) is 0 Å². The number of hydrogen-bond donors (Lipinski definition) is 2. The molecule has 4 rings (SSSR count). The van der Waals surface area contributed by atoms with Crippen LogP contribution in [-0.4, -0.2) is 40.5 Å².